The van der Waals surface area contributed by atoms with Crippen LogP contribution in [0.5, 0.6) is 0 Å². The average molecular weight is 546 g/mol. The number of carbonyl (C=O) groups is 2. The molecule has 0 unspecified atom stereocenters. The summed E-state index contributed by atoms with van der Waals surface area (Å²) in [6.07, 6.45) is 0. The predicted octanol–water partition coefficient (Wildman–Crippen LogP) is -2.93. The molecule has 2 aromatic rings. The molecule has 7 heteroatoms. The van der Waals surface area contributed by atoms with Gasteiger partial charge in [-0.2, -0.15) is 0 Å². The molecule has 2 rings (SSSR count). The zero-order valence-corrected chi connectivity index (χ0v) is 19.7. The molecule has 0 saturated carbocycles. The molecule has 25 heavy (non-hydrogen) atoms. The zero-order valence-electron chi connectivity index (χ0n) is 14.6. The number of amides is 2. The topological polar surface area (TPSA) is 40.6 Å². The average Bonchev–Trinajstić information content (AvgIpc) is 2.54. The Balaban J connectivity index is 0.00000288. The van der Waals surface area contributed by atoms with Crippen molar-refractivity contribution in [2.24, 2.45) is 0 Å². The van der Waals surface area contributed by atoms with Crippen molar-refractivity contribution in [3.05, 3.63) is 70.8 Å². The van der Waals surface area contributed by atoms with E-state index in [1.54, 1.807) is 19.9 Å². The first kappa shape index (κ1) is 23.8. The number of hydrogen-bond donors (Lipinski definition) is 0. The van der Waals surface area contributed by atoms with Crippen molar-refractivity contribution >= 4 is 11.8 Å². The SMILES string of the molecule is Cc1ccc(C(=O)[N](C)[Hf+2][N](C)C(=O)c2ccc(C)cc2)cc1.[Cl-].[Cl-]. The van der Waals surface area contributed by atoms with Crippen LogP contribution < -0.4 is 24.8 Å². The summed E-state index contributed by atoms with van der Waals surface area (Å²) < 4.78 is 3.47. The fourth-order valence-electron chi connectivity index (χ4n) is 2.10. The summed E-state index contributed by atoms with van der Waals surface area (Å²) in [5.74, 6) is -0.0335. The Bertz CT molecular complexity index is 645. The molecule has 0 aliphatic heterocycles. The van der Waals surface area contributed by atoms with Crippen molar-refractivity contribution in [3.63, 3.8) is 0 Å². The number of nitrogens with zero attached hydrogens (tertiary/aromatic N) is 2. The van der Waals surface area contributed by atoms with Gasteiger partial charge in [-0.25, -0.2) is 0 Å². The third-order valence-electron chi connectivity index (χ3n) is 3.51. The molecule has 0 heterocycles. The normalized spacial score (nSPS) is 9.12. The van der Waals surface area contributed by atoms with Crippen LogP contribution in [0, 0.1) is 13.8 Å². The summed E-state index contributed by atoms with van der Waals surface area (Å²) in [6.45, 7) is 3.98. The van der Waals surface area contributed by atoms with E-state index in [4.69, 9.17) is 0 Å². The van der Waals surface area contributed by atoms with Gasteiger partial charge < -0.3 is 24.8 Å². The van der Waals surface area contributed by atoms with E-state index in [-0.39, 0.29) is 36.6 Å². The van der Waals surface area contributed by atoms with Crippen molar-refractivity contribution in [1.82, 2.24) is 5.78 Å². The third kappa shape index (κ3) is 6.57. The minimum absolute atomic E-state index is 0. The molecule has 0 aromatic heterocycles. The number of rotatable bonds is 4. The summed E-state index contributed by atoms with van der Waals surface area (Å²) in [7, 11) is 3.56. The third-order valence-corrected chi connectivity index (χ3v) is 7.12. The van der Waals surface area contributed by atoms with Crippen LogP contribution >= 0.6 is 0 Å². The Labute approximate surface area is 173 Å². The number of benzene rings is 2. The number of aryl methyl sites for hydroxylation is 2. The Morgan fingerprint density at radius 3 is 1.24 bits per heavy atom. The Morgan fingerprint density at radius 2 is 0.960 bits per heavy atom. The second-order valence-corrected chi connectivity index (χ2v) is 11.1. The molecule has 0 saturated heterocycles. The summed E-state index contributed by atoms with van der Waals surface area (Å²) in [5.41, 5.74) is 3.58. The molecule has 132 valence electrons. The molecule has 0 fully saturated rings. The molecule has 0 aliphatic carbocycles. The molecule has 0 N–H and O–H groups in total. The maximum atomic E-state index is 12.4. The quantitative estimate of drug-likeness (QED) is 0.386. The van der Waals surface area contributed by atoms with Crippen molar-refractivity contribution in [3.8, 4) is 0 Å². The molecule has 0 atom stereocenters. The molecule has 0 spiro atoms. The fourth-order valence-corrected chi connectivity index (χ4v) is 5.29. The molecule has 2 amide bonds. The maximum Gasteiger partial charge on any atom is -1.00 e. The van der Waals surface area contributed by atoms with Crippen LogP contribution in [0.2, 0.25) is 0 Å². The Hall–Kier alpha value is -1.17. The molecular formula is C18H20Cl2HfN2O2. The minimum Gasteiger partial charge on any atom is -1.00 e. The molecular weight excluding hydrogens is 526 g/mol. The molecule has 0 radical (unpaired) electrons. The van der Waals surface area contributed by atoms with Crippen LogP contribution in [-0.2, 0) is 23.5 Å². The van der Waals surface area contributed by atoms with E-state index in [9.17, 15) is 9.59 Å². The van der Waals surface area contributed by atoms with Gasteiger partial charge in [0.15, 0.2) is 0 Å². The van der Waals surface area contributed by atoms with Crippen molar-refractivity contribution < 1.29 is 57.9 Å². The van der Waals surface area contributed by atoms with Crippen LogP contribution in [-0.4, -0.2) is 31.7 Å². The van der Waals surface area contributed by atoms with Gasteiger partial charge in [0.1, 0.15) is 0 Å². The molecule has 0 bridgehead atoms. The van der Waals surface area contributed by atoms with Crippen LogP contribution in [0.3, 0.4) is 0 Å². The second-order valence-electron chi connectivity index (χ2n) is 5.56. The molecule has 2 aromatic carbocycles. The van der Waals surface area contributed by atoms with Crippen molar-refractivity contribution in [2.45, 2.75) is 13.8 Å². The van der Waals surface area contributed by atoms with Gasteiger partial charge >= 0.3 is 149 Å². The summed E-state index contributed by atoms with van der Waals surface area (Å²) in [4.78, 5) is 24.9. The second kappa shape index (κ2) is 10.7. The largest absolute Gasteiger partial charge is 1.00 e. The molecule has 4 nitrogen and oxygen atoms in total. The van der Waals surface area contributed by atoms with Crippen molar-refractivity contribution in [1.29, 1.82) is 0 Å². The van der Waals surface area contributed by atoms with Gasteiger partial charge in [-0.05, 0) is 0 Å². The van der Waals surface area contributed by atoms with Crippen LogP contribution in [0.4, 0.5) is 0 Å². The van der Waals surface area contributed by atoms with Gasteiger partial charge in [0.2, 0.25) is 0 Å². The van der Waals surface area contributed by atoms with Gasteiger partial charge in [0.25, 0.3) is 0 Å². The van der Waals surface area contributed by atoms with Gasteiger partial charge in [-0.3, -0.25) is 0 Å². The first-order chi connectivity index (χ1) is 10.9. The Kier molecular flexibility index (Phi) is 10.2. The minimum atomic E-state index is -1.74. The van der Waals surface area contributed by atoms with Crippen molar-refractivity contribution in [2.75, 3.05) is 14.1 Å². The van der Waals surface area contributed by atoms with E-state index in [0.29, 0.717) is 11.1 Å². The van der Waals surface area contributed by atoms with Crippen LogP contribution in [0.25, 0.3) is 0 Å². The first-order valence-corrected chi connectivity index (χ1v) is 10.6. The summed E-state index contributed by atoms with van der Waals surface area (Å²) >= 11 is -1.74. The van der Waals surface area contributed by atoms with E-state index >= 15 is 0 Å². The monoisotopic (exact) mass is 546 g/mol. The van der Waals surface area contributed by atoms with Gasteiger partial charge in [-0.15, -0.1) is 0 Å². The number of carbonyl (C=O) groups excluding carboxylic acids is 2. The summed E-state index contributed by atoms with van der Waals surface area (Å²) in [6, 6.07) is 15.0. The van der Waals surface area contributed by atoms with Gasteiger partial charge in [0, 0.05) is 0 Å². The first-order valence-electron chi connectivity index (χ1n) is 7.34. The standard InChI is InChI=1S/2C9H11NO.2ClH.Hf/c2*1-7-3-5-8(6-4-7)9(11)10-2;;;/h2*3-6H,1-2H3,(H,10,11);2*1H;/q;;;;+4/p-4. The van der Waals surface area contributed by atoms with Crippen LogP contribution in [0.15, 0.2) is 48.5 Å². The fraction of sp³-hybridized carbons (Fsp3) is 0.222. The van der Waals surface area contributed by atoms with Gasteiger partial charge in [0.05, 0.1) is 0 Å². The van der Waals surface area contributed by atoms with E-state index in [2.05, 4.69) is 0 Å². The maximum absolute atomic E-state index is 12.4. The smallest absolute Gasteiger partial charge is 1.00 e. The number of hydrogen-bond acceptors (Lipinski definition) is 2. The van der Waals surface area contributed by atoms with E-state index < -0.39 is 23.5 Å². The van der Waals surface area contributed by atoms with Crippen LogP contribution in [0.1, 0.15) is 31.8 Å². The molecule has 0 aliphatic rings. The predicted molar refractivity (Wildman–Crippen MR) is 86.5 cm³/mol. The van der Waals surface area contributed by atoms with E-state index in [1.807, 2.05) is 62.4 Å². The van der Waals surface area contributed by atoms with Gasteiger partial charge in [-0.1, -0.05) is 0 Å². The van der Waals surface area contributed by atoms with E-state index in [0.717, 1.165) is 11.1 Å². The Morgan fingerprint density at radius 1 is 0.680 bits per heavy atom. The number of halogens is 2. The summed E-state index contributed by atoms with van der Waals surface area (Å²) in [5, 5.41) is 0. The zero-order chi connectivity index (χ0) is 17.0. The van der Waals surface area contributed by atoms with E-state index in [1.165, 1.54) is 0 Å².